The topological polar surface area (TPSA) is 9.23 Å². The van der Waals surface area contributed by atoms with Crippen LogP contribution in [-0.4, -0.2) is 6.61 Å². The highest BCUT2D eigenvalue weighted by Crippen LogP contribution is 2.30. The zero-order valence-corrected chi connectivity index (χ0v) is 12.5. The van der Waals surface area contributed by atoms with Gasteiger partial charge in [0.15, 0.2) is 0 Å². The molecule has 2 rings (SSSR count). The van der Waals surface area contributed by atoms with Crippen molar-refractivity contribution in [3.63, 3.8) is 0 Å². The lowest BCUT2D eigenvalue weighted by atomic mass is 10.2. The van der Waals surface area contributed by atoms with E-state index in [0.717, 1.165) is 0 Å². The van der Waals surface area contributed by atoms with Crippen molar-refractivity contribution in [2.24, 2.45) is 0 Å². The number of rotatable bonds is 4. The fraction of sp³-hybridized carbons (Fsp3) is 0.143. The molecule has 4 heteroatoms. The first-order valence-electron chi connectivity index (χ1n) is 5.43. The van der Waals surface area contributed by atoms with Gasteiger partial charge in [-0.3, -0.25) is 0 Å². The molecule has 1 atom stereocenters. The van der Waals surface area contributed by atoms with Crippen LogP contribution in [0, 0.1) is 0 Å². The van der Waals surface area contributed by atoms with Crippen molar-refractivity contribution in [1.29, 1.82) is 0 Å². The van der Waals surface area contributed by atoms with E-state index >= 15 is 0 Å². The summed E-state index contributed by atoms with van der Waals surface area (Å²) >= 11 is 15.4. The Balaban J connectivity index is 1.99. The van der Waals surface area contributed by atoms with E-state index in [1.807, 2.05) is 30.3 Å². The van der Waals surface area contributed by atoms with Crippen molar-refractivity contribution in [2.45, 2.75) is 4.83 Å². The minimum Gasteiger partial charge on any atom is -0.491 e. The second kappa shape index (κ2) is 6.46. The van der Waals surface area contributed by atoms with Crippen LogP contribution in [0.2, 0.25) is 10.0 Å². The normalized spacial score (nSPS) is 12.2. The number of hydrogen-bond acceptors (Lipinski definition) is 1. The Morgan fingerprint density at radius 2 is 1.78 bits per heavy atom. The van der Waals surface area contributed by atoms with Crippen molar-refractivity contribution < 1.29 is 4.74 Å². The second-order valence-electron chi connectivity index (χ2n) is 3.76. The SMILES string of the molecule is Clc1ccc(OCC(Br)c2ccccc2)c(Cl)c1. The molecule has 0 spiro atoms. The third-order valence-corrected chi connectivity index (χ3v) is 3.76. The van der Waals surface area contributed by atoms with E-state index in [0.29, 0.717) is 22.4 Å². The summed E-state index contributed by atoms with van der Waals surface area (Å²) < 4.78 is 5.67. The van der Waals surface area contributed by atoms with Crippen LogP contribution in [0.5, 0.6) is 5.75 Å². The van der Waals surface area contributed by atoms with E-state index in [1.54, 1.807) is 18.2 Å². The van der Waals surface area contributed by atoms with Gasteiger partial charge in [-0.1, -0.05) is 69.5 Å². The van der Waals surface area contributed by atoms with Crippen molar-refractivity contribution in [2.75, 3.05) is 6.61 Å². The van der Waals surface area contributed by atoms with Crippen LogP contribution in [0.4, 0.5) is 0 Å². The standard InChI is InChI=1S/C14H11BrCl2O/c15-12(10-4-2-1-3-5-10)9-18-14-7-6-11(16)8-13(14)17/h1-8,12H,9H2. The molecule has 0 bridgehead atoms. The van der Waals surface area contributed by atoms with Gasteiger partial charge in [0.1, 0.15) is 12.4 Å². The molecule has 0 aliphatic carbocycles. The average molecular weight is 346 g/mol. The molecule has 0 fully saturated rings. The highest BCUT2D eigenvalue weighted by atomic mass is 79.9. The Bertz CT molecular complexity index is 516. The fourth-order valence-corrected chi connectivity index (χ4v) is 2.41. The smallest absolute Gasteiger partial charge is 0.138 e. The first kappa shape index (κ1) is 13.7. The Hall–Kier alpha value is -0.700. The number of halogens is 3. The molecule has 0 heterocycles. The van der Waals surface area contributed by atoms with Crippen LogP contribution in [0.15, 0.2) is 48.5 Å². The lowest BCUT2D eigenvalue weighted by molar-refractivity contribution is 0.321. The van der Waals surface area contributed by atoms with E-state index in [-0.39, 0.29) is 4.83 Å². The van der Waals surface area contributed by atoms with Gasteiger partial charge in [-0.25, -0.2) is 0 Å². The van der Waals surface area contributed by atoms with Gasteiger partial charge in [-0.2, -0.15) is 0 Å². The number of hydrogen-bond donors (Lipinski definition) is 0. The summed E-state index contributed by atoms with van der Waals surface area (Å²) in [5.41, 5.74) is 1.17. The van der Waals surface area contributed by atoms with Crippen LogP contribution < -0.4 is 4.74 Å². The fourth-order valence-electron chi connectivity index (χ4n) is 1.51. The van der Waals surface area contributed by atoms with E-state index < -0.39 is 0 Å². The van der Waals surface area contributed by atoms with E-state index in [4.69, 9.17) is 27.9 Å². The summed E-state index contributed by atoms with van der Waals surface area (Å²) in [7, 11) is 0. The van der Waals surface area contributed by atoms with E-state index in [9.17, 15) is 0 Å². The van der Waals surface area contributed by atoms with Gasteiger partial charge in [0.2, 0.25) is 0 Å². The van der Waals surface area contributed by atoms with Gasteiger partial charge in [-0.15, -0.1) is 0 Å². The molecule has 0 saturated carbocycles. The van der Waals surface area contributed by atoms with Crippen LogP contribution in [0.25, 0.3) is 0 Å². The maximum atomic E-state index is 6.03. The predicted octanol–water partition coefficient (Wildman–Crippen LogP) is 5.51. The summed E-state index contributed by atoms with van der Waals surface area (Å²) in [4.78, 5) is 0.130. The number of benzene rings is 2. The highest BCUT2D eigenvalue weighted by Gasteiger charge is 2.09. The van der Waals surface area contributed by atoms with Crippen LogP contribution in [-0.2, 0) is 0 Å². The second-order valence-corrected chi connectivity index (χ2v) is 5.71. The quantitative estimate of drug-likeness (QED) is 0.664. The molecule has 0 aliphatic rings. The zero-order chi connectivity index (χ0) is 13.0. The van der Waals surface area contributed by atoms with E-state index in [1.165, 1.54) is 5.56 Å². The summed E-state index contributed by atoms with van der Waals surface area (Å²) in [6.45, 7) is 0.505. The molecule has 2 aromatic rings. The summed E-state index contributed by atoms with van der Waals surface area (Å²) in [5, 5.41) is 1.13. The molecule has 2 aromatic carbocycles. The van der Waals surface area contributed by atoms with Gasteiger partial charge < -0.3 is 4.74 Å². The molecule has 0 radical (unpaired) electrons. The van der Waals surface area contributed by atoms with Crippen molar-refractivity contribution in [3.05, 3.63) is 64.1 Å². The maximum absolute atomic E-state index is 6.03. The summed E-state index contributed by atoms with van der Waals surface area (Å²) in [6, 6.07) is 15.3. The molecule has 0 aromatic heterocycles. The van der Waals surface area contributed by atoms with Crippen LogP contribution in [0.3, 0.4) is 0 Å². The molecule has 18 heavy (non-hydrogen) atoms. The Kier molecular flexibility index (Phi) is 4.93. The molecule has 0 N–H and O–H groups in total. The van der Waals surface area contributed by atoms with E-state index in [2.05, 4.69) is 15.9 Å². The first-order valence-corrected chi connectivity index (χ1v) is 7.11. The van der Waals surface area contributed by atoms with Gasteiger partial charge in [-0.05, 0) is 23.8 Å². The third-order valence-electron chi connectivity index (χ3n) is 2.44. The van der Waals surface area contributed by atoms with Gasteiger partial charge >= 0.3 is 0 Å². The Morgan fingerprint density at radius 3 is 2.44 bits per heavy atom. The number of ether oxygens (including phenoxy) is 1. The lowest BCUT2D eigenvalue weighted by Crippen LogP contribution is -2.04. The highest BCUT2D eigenvalue weighted by molar-refractivity contribution is 9.09. The van der Waals surface area contributed by atoms with Gasteiger partial charge in [0.25, 0.3) is 0 Å². The molecule has 1 nitrogen and oxygen atoms in total. The minimum absolute atomic E-state index is 0.130. The monoisotopic (exact) mass is 344 g/mol. The average Bonchev–Trinajstić information content (AvgIpc) is 2.38. The zero-order valence-electron chi connectivity index (χ0n) is 9.45. The van der Waals surface area contributed by atoms with Crippen molar-refractivity contribution in [1.82, 2.24) is 0 Å². The molecule has 94 valence electrons. The van der Waals surface area contributed by atoms with Gasteiger partial charge in [0, 0.05) is 5.02 Å². The molecule has 0 amide bonds. The number of alkyl halides is 1. The molecular weight excluding hydrogens is 335 g/mol. The molecular formula is C14H11BrCl2O. The van der Waals surface area contributed by atoms with Crippen LogP contribution in [0.1, 0.15) is 10.4 Å². The predicted molar refractivity (Wildman–Crippen MR) is 80.1 cm³/mol. The third kappa shape index (κ3) is 3.64. The molecule has 0 saturated heterocycles. The van der Waals surface area contributed by atoms with Crippen molar-refractivity contribution >= 4 is 39.1 Å². The maximum Gasteiger partial charge on any atom is 0.138 e. The summed E-state index contributed by atoms with van der Waals surface area (Å²) in [6.07, 6.45) is 0. The first-order chi connectivity index (χ1) is 8.66. The molecule has 0 aliphatic heterocycles. The minimum atomic E-state index is 0.130. The Morgan fingerprint density at radius 1 is 1.06 bits per heavy atom. The Labute approximate surface area is 125 Å². The molecule has 1 unspecified atom stereocenters. The lowest BCUT2D eigenvalue weighted by Gasteiger charge is -2.13. The van der Waals surface area contributed by atoms with Gasteiger partial charge in [0.05, 0.1) is 9.85 Å². The summed E-state index contributed by atoms with van der Waals surface area (Å²) in [5.74, 6) is 0.640. The largest absolute Gasteiger partial charge is 0.491 e. The van der Waals surface area contributed by atoms with Crippen molar-refractivity contribution in [3.8, 4) is 5.75 Å². The van der Waals surface area contributed by atoms with Crippen LogP contribution >= 0.6 is 39.1 Å².